The largest absolute Gasteiger partial charge is 0.507 e. The number of aromatic hydroxyl groups is 1. The van der Waals surface area contributed by atoms with Crippen LogP contribution in [0.3, 0.4) is 0 Å². The van der Waals surface area contributed by atoms with Crippen molar-refractivity contribution in [2.24, 2.45) is 5.41 Å². The maximum absolute atomic E-state index is 10.1. The van der Waals surface area contributed by atoms with Gasteiger partial charge in [-0.2, -0.15) is 0 Å². The molecule has 1 unspecified atom stereocenters. The number of hydrogen-bond donors (Lipinski definition) is 1. The third kappa shape index (κ3) is 35.8. The SMILES string of the molecule is CCCCCCCCCCCCCCCCCCOP1OCC2(CO1)COP(OCCCCCCCCCCCCCCCCCC)OC2.CCOP.Cc1cc(C(C)(C)C)cc(C(C)(C)C)c1O. The zero-order chi connectivity index (χ0) is 50.9. The lowest BCUT2D eigenvalue weighted by Gasteiger charge is -2.41. The quantitative estimate of drug-likeness (QED) is 0.0521. The molecule has 1 spiro atoms. The minimum absolute atomic E-state index is 0.0178. The third-order valence-corrected chi connectivity index (χ3v) is 15.9. The van der Waals surface area contributed by atoms with E-state index in [1.165, 1.54) is 198 Å². The van der Waals surface area contributed by atoms with Gasteiger partial charge in [-0.3, -0.25) is 0 Å². The van der Waals surface area contributed by atoms with Gasteiger partial charge in [-0.05, 0) is 54.2 Å². The van der Waals surface area contributed by atoms with Crippen LogP contribution in [-0.2, 0) is 42.5 Å². The summed E-state index contributed by atoms with van der Waals surface area (Å²) < 4.78 is 40.1. The smallest absolute Gasteiger partial charge is 0.332 e. The van der Waals surface area contributed by atoms with Crippen molar-refractivity contribution in [1.82, 2.24) is 0 Å². The van der Waals surface area contributed by atoms with Crippen molar-refractivity contribution in [3.8, 4) is 5.75 Å². The summed E-state index contributed by atoms with van der Waals surface area (Å²) in [6.45, 7) is 26.0. The predicted molar refractivity (Wildman–Crippen MR) is 303 cm³/mol. The van der Waals surface area contributed by atoms with Crippen molar-refractivity contribution >= 4 is 26.7 Å². The van der Waals surface area contributed by atoms with Gasteiger partial charge in [-0.1, -0.05) is 260 Å². The number of phenols is 1. The van der Waals surface area contributed by atoms with E-state index < -0.39 is 17.2 Å². The number of phenolic OH excluding ortho intramolecular Hbond substituents is 1. The Morgan fingerprint density at radius 1 is 0.478 bits per heavy atom. The van der Waals surface area contributed by atoms with E-state index in [0.717, 1.165) is 43.8 Å². The number of aryl methyl sites for hydroxylation is 1. The molecule has 8 nitrogen and oxygen atoms in total. The van der Waals surface area contributed by atoms with Gasteiger partial charge in [-0.15, -0.1) is 0 Å². The Balaban J connectivity index is 0.000000983. The lowest BCUT2D eigenvalue weighted by molar-refractivity contribution is -0.0761. The first-order valence-corrected chi connectivity index (χ1v) is 31.4. The first-order valence-electron chi connectivity index (χ1n) is 28.8. The minimum Gasteiger partial charge on any atom is -0.507 e. The van der Waals surface area contributed by atoms with Gasteiger partial charge in [0.2, 0.25) is 0 Å². The highest BCUT2D eigenvalue weighted by molar-refractivity contribution is 7.42. The van der Waals surface area contributed by atoms with Crippen LogP contribution in [0.5, 0.6) is 5.75 Å². The van der Waals surface area contributed by atoms with E-state index in [4.69, 9.17) is 27.1 Å². The van der Waals surface area contributed by atoms with Crippen LogP contribution >= 0.6 is 26.7 Å². The van der Waals surface area contributed by atoms with Gasteiger partial charge in [-0.25, -0.2) is 0 Å². The summed E-state index contributed by atoms with van der Waals surface area (Å²) in [6, 6.07) is 4.23. The summed E-state index contributed by atoms with van der Waals surface area (Å²) in [5.74, 6) is 0.445. The normalized spacial score (nSPS) is 18.5. The molecule has 2 saturated heterocycles. The van der Waals surface area contributed by atoms with Crippen LogP contribution in [0.15, 0.2) is 12.1 Å². The van der Waals surface area contributed by atoms with E-state index >= 15 is 0 Å². The molecule has 69 heavy (non-hydrogen) atoms. The monoisotopic (exact) mass is 1030 g/mol. The molecular weight excluding hydrogens is 918 g/mol. The highest BCUT2D eigenvalue weighted by Crippen LogP contribution is 2.53. The van der Waals surface area contributed by atoms with Crippen molar-refractivity contribution in [3.63, 3.8) is 0 Å². The van der Waals surface area contributed by atoms with Crippen molar-refractivity contribution in [1.29, 1.82) is 0 Å². The second-order valence-electron chi connectivity index (χ2n) is 22.5. The third-order valence-electron chi connectivity index (χ3n) is 13.4. The molecule has 0 amide bonds. The van der Waals surface area contributed by atoms with Crippen molar-refractivity contribution in [2.45, 2.75) is 286 Å². The Labute approximate surface area is 433 Å². The van der Waals surface area contributed by atoms with Crippen LogP contribution in [-0.4, -0.2) is 51.4 Å². The maximum atomic E-state index is 10.1. The molecule has 2 heterocycles. The highest BCUT2D eigenvalue weighted by Gasteiger charge is 2.44. The van der Waals surface area contributed by atoms with E-state index in [-0.39, 0.29) is 16.2 Å². The Morgan fingerprint density at radius 2 is 0.754 bits per heavy atom. The predicted octanol–water partition coefficient (Wildman–Crippen LogP) is 20.2. The van der Waals surface area contributed by atoms with Gasteiger partial charge < -0.3 is 36.8 Å². The van der Waals surface area contributed by atoms with E-state index in [1.807, 2.05) is 13.8 Å². The second kappa shape index (κ2) is 43.3. The van der Waals surface area contributed by atoms with Gasteiger partial charge in [0.1, 0.15) is 5.75 Å². The van der Waals surface area contributed by atoms with Crippen LogP contribution < -0.4 is 0 Å². The molecule has 1 aromatic rings. The molecule has 2 aliphatic heterocycles. The average Bonchev–Trinajstić information content (AvgIpc) is 3.32. The van der Waals surface area contributed by atoms with Crippen LogP contribution in [0.2, 0.25) is 0 Å². The summed E-state index contributed by atoms with van der Waals surface area (Å²) in [6.07, 6.45) is 44.1. The number of benzene rings is 1. The molecule has 0 saturated carbocycles. The van der Waals surface area contributed by atoms with E-state index in [0.29, 0.717) is 32.2 Å². The molecule has 0 bridgehead atoms. The molecule has 1 atom stereocenters. The van der Waals surface area contributed by atoms with Crippen molar-refractivity contribution in [3.05, 3.63) is 28.8 Å². The molecule has 2 fully saturated rings. The van der Waals surface area contributed by atoms with E-state index in [1.54, 1.807) is 0 Å². The molecule has 0 aliphatic carbocycles. The molecule has 2 aliphatic rings. The van der Waals surface area contributed by atoms with Crippen LogP contribution in [0.1, 0.15) is 284 Å². The summed E-state index contributed by atoms with van der Waals surface area (Å²) >= 11 is 0. The summed E-state index contributed by atoms with van der Waals surface area (Å²) in [5, 5.41) is 10.1. The summed E-state index contributed by atoms with van der Waals surface area (Å²) in [5.41, 5.74) is 3.17. The average molecular weight is 1030 g/mol. The van der Waals surface area contributed by atoms with Crippen molar-refractivity contribution < 1.29 is 36.8 Å². The Hall–Kier alpha value is 0.0300. The Kier molecular flexibility index (Phi) is 42.1. The lowest BCUT2D eigenvalue weighted by atomic mass is 9.79. The van der Waals surface area contributed by atoms with Crippen molar-refractivity contribution in [2.75, 3.05) is 46.2 Å². The van der Waals surface area contributed by atoms with Crippen LogP contribution in [0.25, 0.3) is 0 Å². The van der Waals surface area contributed by atoms with E-state index in [9.17, 15) is 5.11 Å². The molecule has 11 heteroatoms. The van der Waals surface area contributed by atoms with Crippen LogP contribution in [0.4, 0.5) is 0 Å². The summed E-state index contributed by atoms with van der Waals surface area (Å²) in [7, 11) is -0.327. The lowest BCUT2D eigenvalue weighted by Crippen LogP contribution is -2.44. The van der Waals surface area contributed by atoms with Gasteiger partial charge in [0.25, 0.3) is 0 Å². The Bertz CT molecular complexity index is 1230. The molecular formula is C58H113O8P3. The summed E-state index contributed by atoms with van der Waals surface area (Å²) in [4.78, 5) is 0. The van der Waals surface area contributed by atoms with E-state index in [2.05, 4.69) is 81.5 Å². The fourth-order valence-electron chi connectivity index (χ4n) is 8.59. The molecule has 0 aromatic heterocycles. The van der Waals surface area contributed by atoms with Gasteiger partial charge in [0, 0.05) is 16.1 Å². The van der Waals surface area contributed by atoms with Gasteiger partial charge in [0.15, 0.2) is 0 Å². The van der Waals surface area contributed by atoms with Gasteiger partial charge >= 0.3 is 17.2 Å². The molecule has 3 rings (SSSR count). The Morgan fingerprint density at radius 3 is 1.00 bits per heavy atom. The topological polar surface area (TPSA) is 84.8 Å². The number of hydrogen-bond acceptors (Lipinski definition) is 8. The fraction of sp³-hybridized carbons (Fsp3) is 0.897. The molecule has 408 valence electrons. The zero-order valence-electron chi connectivity index (χ0n) is 47.0. The molecule has 1 N–H and O–H groups in total. The number of unbranched alkanes of at least 4 members (excludes halogenated alkanes) is 30. The first kappa shape index (κ1) is 67.0. The second-order valence-corrected chi connectivity index (χ2v) is 25.2. The maximum Gasteiger partial charge on any atom is 0.332 e. The zero-order valence-corrected chi connectivity index (χ0v) is 50.0. The minimum atomic E-state index is -1.24. The first-order chi connectivity index (χ1) is 33.2. The van der Waals surface area contributed by atoms with Crippen LogP contribution in [0, 0.1) is 12.3 Å². The molecule has 0 radical (unpaired) electrons. The van der Waals surface area contributed by atoms with Gasteiger partial charge in [0.05, 0.1) is 45.1 Å². The highest BCUT2D eigenvalue weighted by atomic mass is 31.2. The number of rotatable bonds is 37. The standard InChI is InChI=1S/C41H82O6P2.C15H24O.C2H7OP/c1-3-5-7-9-11-13-15-17-19-21-23-25-27-29-31-33-35-42-48-44-37-41(38-45-48)39-46-49(47-40-41)43-36-34-32-30-28-26-24-22-20-18-16-14-12-10-8-6-4-2;1-10-8-11(14(2,3)4)9-12(13(10)16)15(5,6)7;1-2-3-4/h3-40H2,1-2H3;8-9,16H,1-7H3;2,4H2,1H3. The fourth-order valence-corrected chi connectivity index (χ4v) is 11.1. The molecule has 1 aromatic carbocycles.